The Hall–Kier alpha value is -3.44. The van der Waals surface area contributed by atoms with Crippen molar-refractivity contribution >= 4 is 11.9 Å². The third kappa shape index (κ3) is 47.2. The van der Waals surface area contributed by atoms with Gasteiger partial charge in [0.15, 0.2) is 6.10 Å². The van der Waals surface area contributed by atoms with E-state index in [-0.39, 0.29) is 31.6 Å². The number of hydrogen-bond acceptors (Lipinski definition) is 5. The van der Waals surface area contributed by atoms with E-state index in [1.54, 1.807) is 0 Å². The zero-order valence-corrected chi connectivity index (χ0v) is 38.9. The molecule has 5 nitrogen and oxygen atoms in total. The van der Waals surface area contributed by atoms with E-state index in [1.165, 1.54) is 70.6 Å². The molecule has 0 rings (SSSR count). The summed E-state index contributed by atoms with van der Waals surface area (Å²) in [5.41, 5.74) is 0. The van der Waals surface area contributed by atoms with Gasteiger partial charge >= 0.3 is 11.9 Å². The van der Waals surface area contributed by atoms with Crippen molar-refractivity contribution in [2.75, 3.05) is 19.8 Å². The Morgan fingerprint density at radius 3 is 1.30 bits per heavy atom. The zero-order chi connectivity index (χ0) is 43.5. The van der Waals surface area contributed by atoms with E-state index >= 15 is 0 Å². The topological polar surface area (TPSA) is 61.8 Å². The molecule has 0 aliphatic carbocycles. The van der Waals surface area contributed by atoms with Gasteiger partial charge in [-0.05, 0) is 103 Å². The molecule has 0 spiro atoms. The molecular weight excluding hydrogens is 741 g/mol. The van der Waals surface area contributed by atoms with Crippen LogP contribution in [0.15, 0.2) is 109 Å². The van der Waals surface area contributed by atoms with Crippen LogP contribution in [0.2, 0.25) is 0 Å². The molecule has 0 bridgehead atoms. The van der Waals surface area contributed by atoms with Crippen LogP contribution in [0.3, 0.4) is 0 Å². The van der Waals surface area contributed by atoms with Crippen LogP contribution in [0, 0.1) is 0 Å². The Morgan fingerprint density at radius 1 is 0.400 bits per heavy atom. The Kier molecular flexibility index (Phi) is 47.1. The lowest BCUT2D eigenvalue weighted by Gasteiger charge is -2.18. The van der Waals surface area contributed by atoms with Crippen molar-refractivity contribution in [1.82, 2.24) is 0 Å². The van der Waals surface area contributed by atoms with Gasteiger partial charge in [-0.2, -0.15) is 0 Å². The molecule has 0 aromatic heterocycles. The monoisotopic (exact) mass is 831 g/mol. The Morgan fingerprint density at radius 2 is 0.800 bits per heavy atom. The molecule has 0 heterocycles. The maximum atomic E-state index is 12.8. The van der Waals surface area contributed by atoms with E-state index in [1.807, 2.05) is 12.2 Å². The molecule has 0 aromatic carbocycles. The second-order valence-corrected chi connectivity index (χ2v) is 15.6. The minimum atomic E-state index is -0.593. The van der Waals surface area contributed by atoms with Crippen LogP contribution in [0.5, 0.6) is 0 Å². The van der Waals surface area contributed by atoms with Crippen molar-refractivity contribution in [3.05, 3.63) is 109 Å². The number of rotatable bonds is 43. The maximum absolute atomic E-state index is 12.8. The molecule has 0 aliphatic heterocycles. The lowest BCUT2D eigenvalue weighted by molar-refractivity contribution is -0.162. The van der Waals surface area contributed by atoms with E-state index in [2.05, 4.69) is 118 Å². The van der Waals surface area contributed by atoms with Crippen LogP contribution in [-0.4, -0.2) is 37.9 Å². The summed E-state index contributed by atoms with van der Waals surface area (Å²) in [5.74, 6) is -0.568. The van der Waals surface area contributed by atoms with Crippen molar-refractivity contribution in [2.24, 2.45) is 0 Å². The minimum Gasteiger partial charge on any atom is -0.461 e. The fraction of sp³-hybridized carbons (Fsp3) is 0.636. The number of hydrogen-bond donors (Lipinski definition) is 0. The first-order valence-corrected chi connectivity index (χ1v) is 24.4. The molecule has 1 unspecified atom stereocenters. The number of unbranched alkanes of at least 4 members (excludes halogenated alkanes) is 15. The molecular formula is C55H90O5. The van der Waals surface area contributed by atoms with Gasteiger partial charge in [0.1, 0.15) is 6.61 Å². The van der Waals surface area contributed by atoms with Crippen molar-refractivity contribution in [1.29, 1.82) is 0 Å². The smallest absolute Gasteiger partial charge is 0.309 e. The third-order valence-corrected chi connectivity index (χ3v) is 9.81. The van der Waals surface area contributed by atoms with Crippen LogP contribution in [0.1, 0.15) is 201 Å². The highest BCUT2D eigenvalue weighted by Crippen LogP contribution is 2.12. The molecule has 0 fully saturated rings. The summed E-state index contributed by atoms with van der Waals surface area (Å²) < 4.78 is 17.2. The van der Waals surface area contributed by atoms with E-state index in [4.69, 9.17) is 14.2 Å². The van der Waals surface area contributed by atoms with Gasteiger partial charge in [0, 0.05) is 13.0 Å². The molecule has 340 valence electrons. The average molecular weight is 831 g/mol. The number of esters is 2. The molecule has 0 amide bonds. The van der Waals surface area contributed by atoms with Crippen LogP contribution < -0.4 is 0 Å². The Bertz CT molecular complexity index is 1210. The Labute approximate surface area is 370 Å². The molecule has 0 aromatic rings. The summed E-state index contributed by atoms with van der Waals surface area (Å²) in [5, 5.41) is 0. The lowest BCUT2D eigenvalue weighted by Crippen LogP contribution is -2.30. The number of ether oxygens (including phenoxy) is 3. The summed E-state index contributed by atoms with van der Waals surface area (Å²) in [6.07, 6.45) is 68.3. The fourth-order valence-corrected chi connectivity index (χ4v) is 6.24. The number of carbonyl (C=O) groups excluding carboxylic acids is 2. The predicted molar refractivity (Wildman–Crippen MR) is 260 cm³/mol. The van der Waals surface area contributed by atoms with Gasteiger partial charge in [-0.25, -0.2) is 0 Å². The fourth-order valence-electron chi connectivity index (χ4n) is 6.24. The summed E-state index contributed by atoms with van der Waals surface area (Å²) in [6, 6.07) is 0. The van der Waals surface area contributed by atoms with E-state index in [0.29, 0.717) is 13.0 Å². The van der Waals surface area contributed by atoms with E-state index in [9.17, 15) is 9.59 Å². The van der Waals surface area contributed by atoms with E-state index in [0.717, 1.165) is 96.3 Å². The number of allylic oxidation sites excluding steroid dienone is 17. The molecule has 5 heteroatoms. The molecule has 0 aliphatic rings. The normalized spacial score (nSPS) is 13.2. The van der Waals surface area contributed by atoms with Crippen LogP contribution in [0.4, 0.5) is 0 Å². The summed E-state index contributed by atoms with van der Waals surface area (Å²) in [7, 11) is 0. The molecule has 0 saturated carbocycles. The summed E-state index contributed by atoms with van der Waals surface area (Å²) >= 11 is 0. The first-order valence-electron chi connectivity index (χ1n) is 24.4. The third-order valence-electron chi connectivity index (χ3n) is 9.81. The SMILES string of the molecule is CC/C=C\C/C=C\C/C=C\C/C=C\C/C=C\CC(=O)OCC(COCCCCCCCC/C=C\C/C=C\C/C=C\CC)OC(=O)CCCCCCC/C=C\CCCCCC. The van der Waals surface area contributed by atoms with Gasteiger partial charge < -0.3 is 14.2 Å². The van der Waals surface area contributed by atoms with Gasteiger partial charge in [0.05, 0.1) is 13.0 Å². The second-order valence-electron chi connectivity index (χ2n) is 15.6. The molecule has 0 N–H and O–H groups in total. The van der Waals surface area contributed by atoms with Crippen molar-refractivity contribution in [3.63, 3.8) is 0 Å². The standard InChI is InChI=1S/C55H90O5/c1-4-7-10-13-16-19-22-25-27-29-32-35-38-41-44-47-50-58-51-53(60-55(57)49-46-43-40-37-34-30-24-21-18-15-12-9-6-3)52-59-54(56)48-45-42-39-36-33-31-28-26-23-20-17-14-11-8-5-2/h7-8,10-11,16-17,19-21,24-28,33,36,42,45,53H,4-6,9,12-15,18,22-23,29-32,34-35,37-41,43-44,46-52H2,1-3H3/b10-7-,11-8-,19-16-,20-17-,24-21-,27-25-,28-26-,36-33-,45-42-. The van der Waals surface area contributed by atoms with Gasteiger partial charge in [-0.1, -0.05) is 194 Å². The van der Waals surface area contributed by atoms with Crippen LogP contribution >= 0.6 is 0 Å². The minimum absolute atomic E-state index is 0.0163. The highest BCUT2D eigenvalue weighted by molar-refractivity contribution is 5.71. The van der Waals surface area contributed by atoms with Crippen molar-refractivity contribution in [2.45, 2.75) is 207 Å². The van der Waals surface area contributed by atoms with Gasteiger partial charge in [-0.3, -0.25) is 9.59 Å². The number of carbonyl (C=O) groups is 2. The van der Waals surface area contributed by atoms with Crippen molar-refractivity contribution in [3.8, 4) is 0 Å². The molecule has 0 radical (unpaired) electrons. The first kappa shape index (κ1) is 56.6. The van der Waals surface area contributed by atoms with Crippen molar-refractivity contribution < 1.29 is 23.8 Å². The van der Waals surface area contributed by atoms with Gasteiger partial charge in [-0.15, -0.1) is 0 Å². The summed E-state index contributed by atoms with van der Waals surface area (Å²) in [6.45, 7) is 7.43. The first-order chi connectivity index (χ1) is 29.6. The largest absolute Gasteiger partial charge is 0.461 e. The Balaban J connectivity index is 4.44. The second kappa shape index (κ2) is 49.9. The quantitative estimate of drug-likeness (QED) is 0.0348. The van der Waals surface area contributed by atoms with E-state index < -0.39 is 6.10 Å². The predicted octanol–water partition coefficient (Wildman–Crippen LogP) is 16.4. The van der Waals surface area contributed by atoms with Crippen LogP contribution in [0.25, 0.3) is 0 Å². The van der Waals surface area contributed by atoms with Gasteiger partial charge in [0.25, 0.3) is 0 Å². The lowest BCUT2D eigenvalue weighted by atomic mass is 10.1. The van der Waals surface area contributed by atoms with Gasteiger partial charge in [0.2, 0.25) is 0 Å². The highest BCUT2D eigenvalue weighted by Gasteiger charge is 2.17. The molecule has 60 heavy (non-hydrogen) atoms. The zero-order valence-electron chi connectivity index (χ0n) is 38.9. The molecule has 1 atom stereocenters. The average Bonchev–Trinajstić information content (AvgIpc) is 3.25. The molecule has 0 saturated heterocycles. The maximum Gasteiger partial charge on any atom is 0.309 e. The van der Waals surface area contributed by atoms with Crippen LogP contribution in [-0.2, 0) is 23.8 Å². The summed E-state index contributed by atoms with van der Waals surface area (Å²) in [4.78, 5) is 25.3. The highest BCUT2D eigenvalue weighted by atomic mass is 16.6.